The van der Waals surface area contributed by atoms with E-state index in [4.69, 9.17) is 9.40 Å². The van der Waals surface area contributed by atoms with Gasteiger partial charge in [0, 0.05) is 18.7 Å². The van der Waals surface area contributed by atoms with Crippen LogP contribution in [0, 0.1) is 6.92 Å². The predicted octanol–water partition coefficient (Wildman–Crippen LogP) is 5.10. The van der Waals surface area contributed by atoms with E-state index >= 15 is 0 Å². The van der Waals surface area contributed by atoms with E-state index in [1.807, 2.05) is 31.4 Å². The number of hydrogen-bond acceptors (Lipinski definition) is 6. The van der Waals surface area contributed by atoms with Gasteiger partial charge in [0.05, 0.1) is 28.6 Å². The number of carbonyl (C=O) groups excluding carboxylic acids is 1. The Balaban J connectivity index is 1.45. The molecule has 4 aromatic rings. The monoisotopic (exact) mass is 433 g/mol. The molecule has 1 aliphatic rings. The van der Waals surface area contributed by atoms with Crippen molar-refractivity contribution in [3.8, 4) is 11.6 Å². The van der Waals surface area contributed by atoms with Crippen molar-refractivity contribution < 1.29 is 9.21 Å². The van der Waals surface area contributed by atoms with E-state index in [1.54, 1.807) is 18.4 Å². The summed E-state index contributed by atoms with van der Waals surface area (Å²) in [5, 5.41) is 3.62. The van der Waals surface area contributed by atoms with Crippen LogP contribution in [0.2, 0.25) is 0 Å². The van der Waals surface area contributed by atoms with Crippen molar-refractivity contribution >= 4 is 34.4 Å². The second kappa shape index (κ2) is 8.19. The number of aryl methyl sites for hydroxylation is 3. The molecule has 0 atom stereocenters. The Bertz CT molecular complexity index is 1260. The van der Waals surface area contributed by atoms with Gasteiger partial charge in [0.25, 0.3) is 5.91 Å². The van der Waals surface area contributed by atoms with E-state index < -0.39 is 0 Å². The van der Waals surface area contributed by atoms with E-state index in [1.165, 1.54) is 31.0 Å². The Labute approximate surface area is 184 Å². The van der Waals surface area contributed by atoms with Crippen LogP contribution in [0.25, 0.3) is 22.6 Å². The average Bonchev–Trinajstić information content (AvgIpc) is 3.35. The van der Waals surface area contributed by atoms with Crippen LogP contribution in [0.15, 0.2) is 46.0 Å². The van der Waals surface area contributed by atoms with Crippen molar-refractivity contribution in [2.24, 2.45) is 0 Å². The highest BCUT2D eigenvalue weighted by molar-refractivity contribution is 7.98. The molecule has 0 fully saturated rings. The number of benzene rings is 1. The molecule has 7 nitrogen and oxygen atoms in total. The number of aromatic nitrogens is 4. The summed E-state index contributed by atoms with van der Waals surface area (Å²) >= 11 is 1.41. The maximum atomic E-state index is 13.1. The summed E-state index contributed by atoms with van der Waals surface area (Å²) in [4.78, 5) is 27.0. The van der Waals surface area contributed by atoms with Crippen LogP contribution in [0.4, 0.5) is 5.69 Å². The van der Waals surface area contributed by atoms with Gasteiger partial charge in [-0.15, -0.1) is 11.8 Å². The molecule has 5 rings (SSSR count). The third kappa shape index (κ3) is 3.72. The summed E-state index contributed by atoms with van der Waals surface area (Å²) in [6.07, 6.45) is 8.09. The number of furan rings is 1. The highest BCUT2D eigenvalue weighted by Crippen LogP contribution is 2.28. The Hall–Kier alpha value is -3.13. The molecule has 1 amide bonds. The van der Waals surface area contributed by atoms with Gasteiger partial charge in [-0.3, -0.25) is 4.79 Å². The molecule has 0 saturated carbocycles. The fourth-order valence-corrected chi connectivity index (χ4v) is 4.72. The number of nitrogens with one attached hydrogen (secondary N) is 1. The number of fused-ring (bicyclic) bond motifs is 3. The van der Waals surface area contributed by atoms with Gasteiger partial charge in [-0.2, -0.15) is 0 Å². The van der Waals surface area contributed by atoms with Gasteiger partial charge in [-0.25, -0.2) is 15.0 Å². The minimum atomic E-state index is -0.229. The van der Waals surface area contributed by atoms with E-state index in [0.29, 0.717) is 33.6 Å². The maximum Gasteiger partial charge on any atom is 0.260 e. The van der Waals surface area contributed by atoms with Gasteiger partial charge >= 0.3 is 0 Å². The third-order valence-corrected chi connectivity index (χ3v) is 6.27. The second-order valence-corrected chi connectivity index (χ2v) is 8.44. The number of anilines is 1. The van der Waals surface area contributed by atoms with Gasteiger partial charge in [0.1, 0.15) is 10.9 Å². The van der Waals surface area contributed by atoms with Crippen LogP contribution >= 0.6 is 11.8 Å². The van der Waals surface area contributed by atoms with Crippen LogP contribution in [0.1, 0.15) is 41.1 Å². The minimum absolute atomic E-state index is 0.229. The van der Waals surface area contributed by atoms with Crippen molar-refractivity contribution in [1.82, 2.24) is 19.5 Å². The SMILES string of the molecule is CSc1nc(-c2ccco2)nc(C)c1C(=O)Nc1ccc2c(c1)nc1n2CCCCC1. The molecule has 1 N–H and O–H groups in total. The van der Waals surface area contributed by atoms with Crippen molar-refractivity contribution in [3.05, 3.63) is 53.7 Å². The molecule has 0 spiro atoms. The normalized spacial score (nSPS) is 13.7. The van der Waals surface area contributed by atoms with Crippen molar-refractivity contribution in [2.75, 3.05) is 11.6 Å². The first-order valence-corrected chi connectivity index (χ1v) is 11.6. The zero-order chi connectivity index (χ0) is 21.4. The van der Waals surface area contributed by atoms with Crippen LogP contribution in [-0.2, 0) is 13.0 Å². The summed E-state index contributed by atoms with van der Waals surface area (Å²) in [6, 6.07) is 9.53. The lowest BCUT2D eigenvalue weighted by Gasteiger charge is -2.12. The Morgan fingerprint density at radius 1 is 1.16 bits per heavy atom. The van der Waals surface area contributed by atoms with Crippen LogP contribution in [0.3, 0.4) is 0 Å². The largest absolute Gasteiger partial charge is 0.461 e. The molecular formula is C23H23N5O2S. The highest BCUT2D eigenvalue weighted by Gasteiger charge is 2.21. The Morgan fingerprint density at radius 2 is 2.06 bits per heavy atom. The lowest BCUT2D eigenvalue weighted by atomic mass is 10.2. The first kappa shape index (κ1) is 19.8. The maximum absolute atomic E-state index is 13.1. The number of hydrogen-bond donors (Lipinski definition) is 1. The Morgan fingerprint density at radius 3 is 2.87 bits per heavy atom. The fraction of sp³-hybridized carbons (Fsp3) is 0.304. The van der Waals surface area contributed by atoms with Crippen molar-refractivity contribution in [1.29, 1.82) is 0 Å². The van der Waals surface area contributed by atoms with Crippen LogP contribution < -0.4 is 5.32 Å². The van der Waals surface area contributed by atoms with Crippen molar-refractivity contribution in [2.45, 2.75) is 44.2 Å². The number of carbonyl (C=O) groups is 1. The zero-order valence-corrected chi connectivity index (χ0v) is 18.3. The first-order chi connectivity index (χ1) is 15.1. The van der Waals surface area contributed by atoms with Gasteiger partial charge in [0.2, 0.25) is 0 Å². The molecular weight excluding hydrogens is 410 g/mol. The highest BCUT2D eigenvalue weighted by atomic mass is 32.2. The lowest BCUT2D eigenvalue weighted by molar-refractivity contribution is 0.102. The van der Waals surface area contributed by atoms with Crippen LogP contribution in [-0.4, -0.2) is 31.7 Å². The summed E-state index contributed by atoms with van der Waals surface area (Å²) in [5.41, 5.74) is 3.84. The molecule has 4 heterocycles. The zero-order valence-electron chi connectivity index (χ0n) is 17.5. The molecule has 8 heteroatoms. The predicted molar refractivity (Wildman–Crippen MR) is 121 cm³/mol. The topological polar surface area (TPSA) is 85.8 Å². The first-order valence-electron chi connectivity index (χ1n) is 10.4. The minimum Gasteiger partial charge on any atom is -0.461 e. The quantitative estimate of drug-likeness (QED) is 0.356. The summed E-state index contributed by atoms with van der Waals surface area (Å²) in [6.45, 7) is 2.82. The molecule has 0 bridgehead atoms. The van der Waals surface area contributed by atoms with E-state index in [-0.39, 0.29) is 5.91 Å². The van der Waals surface area contributed by atoms with E-state index in [9.17, 15) is 4.79 Å². The smallest absolute Gasteiger partial charge is 0.260 e. The standard InChI is InChI=1S/C23H23N5O2S/c1-14-20(23(31-2)27-21(24-14)18-7-6-12-30-18)22(29)25-15-9-10-17-16(13-15)26-19-8-4-3-5-11-28(17)19/h6-7,9-10,12-13H,3-5,8,11H2,1-2H3,(H,25,29). The number of thioether (sulfide) groups is 1. The fourth-order valence-electron chi connectivity index (χ4n) is 4.09. The summed E-state index contributed by atoms with van der Waals surface area (Å²) < 4.78 is 7.72. The summed E-state index contributed by atoms with van der Waals surface area (Å²) in [5.74, 6) is 1.96. The van der Waals surface area contributed by atoms with Gasteiger partial charge in [0.15, 0.2) is 11.6 Å². The molecule has 1 aromatic carbocycles. The third-order valence-electron chi connectivity index (χ3n) is 5.59. The molecule has 1 aliphatic heterocycles. The van der Waals surface area contributed by atoms with E-state index in [0.717, 1.165) is 29.8 Å². The molecule has 0 unspecified atom stereocenters. The van der Waals surface area contributed by atoms with E-state index in [2.05, 4.69) is 19.9 Å². The van der Waals surface area contributed by atoms with Gasteiger partial charge < -0.3 is 14.3 Å². The number of amides is 1. The molecule has 3 aromatic heterocycles. The molecule has 0 saturated heterocycles. The lowest BCUT2D eigenvalue weighted by Crippen LogP contribution is -2.17. The Kier molecular flexibility index (Phi) is 5.23. The average molecular weight is 434 g/mol. The van der Waals surface area contributed by atoms with Crippen molar-refractivity contribution in [3.63, 3.8) is 0 Å². The molecule has 0 aliphatic carbocycles. The van der Waals surface area contributed by atoms with Gasteiger partial charge in [-0.1, -0.05) is 6.42 Å². The van der Waals surface area contributed by atoms with Gasteiger partial charge in [-0.05, 0) is 56.4 Å². The number of imidazole rings is 1. The molecule has 158 valence electrons. The summed E-state index contributed by atoms with van der Waals surface area (Å²) in [7, 11) is 0. The number of nitrogens with zero attached hydrogens (tertiary/aromatic N) is 4. The van der Waals surface area contributed by atoms with Crippen LogP contribution in [0.5, 0.6) is 0 Å². The molecule has 31 heavy (non-hydrogen) atoms. The number of rotatable bonds is 4. The molecule has 0 radical (unpaired) electrons. The second-order valence-electron chi connectivity index (χ2n) is 7.64.